The number of hydrogen-bond acceptors (Lipinski definition) is 3. The van der Waals surface area contributed by atoms with Gasteiger partial charge < -0.3 is 14.8 Å². The molecule has 1 N–H and O–H groups in total. The van der Waals surface area contributed by atoms with Gasteiger partial charge in [0.05, 0.1) is 12.2 Å². The average molecular weight is 253 g/mol. The van der Waals surface area contributed by atoms with Crippen LogP contribution in [0.2, 0.25) is 0 Å². The van der Waals surface area contributed by atoms with Gasteiger partial charge in [-0.1, -0.05) is 19.9 Å². The Morgan fingerprint density at radius 2 is 2.11 bits per heavy atom. The van der Waals surface area contributed by atoms with Crippen LogP contribution in [0.4, 0.5) is 0 Å². The first-order valence-electron chi connectivity index (χ1n) is 7.36. The quantitative estimate of drug-likeness (QED) is 0.788. The molecule has 1 saturated carbocycles. The van der Waals surface area contributed by atoms with E-state index in [1.807, 2.05) is 0 Å². The fraction of sp³-hybridized carbons (Fsp3) is 0.867. The van der Waals surface area contributed by atoms with Crippen molar-refractivity contribution in [3.8, 4) is 0 Å². The van der Waals surface area contributed by atoms with Crippen molar-refractivity contribution in [1.29, 1.82) is 0 Å². The molecular formula is C15H27NO2. The number of allylic oxidation sites excluding steroid dienone is 1. The van der Waals surface area contributed by atoms with Crippen LogP contribution in [-0.4, -0.2) is 25.0 Å². The Morgan fingerprint density at radius 1 is 1.33 bits per heavy atom. The number of fused-ring (bicyclic) bond motifs is 1. The summed E-state index contributed by atoms with van der Waals surface area (Å²) in [7, 11) is 0. The van der Waals surface area contributed by atoms with Crippen molar-refractivity contribution in [1.82, 2.24) is 5.32 Å². The van der Waals surface area contributed by atoms with E-state index < -0.39 is 0 Å². The number of rotatable bonds is 6. The van der Waals surface area contributed by atoms with Crippen LogP contribution in [0.15, 0.2) is 12.3 Å². The van der Waals surface area contributed by atoms with Crippen molar-refractivity contribution in [3.63, 3.8) is 0 Å². The van der Waals surface area contributed by atoms with E-state index >= 15 is 0 Å². The molecule has 0 aromatic heterocycles. The fourth-order valence-electron chi connectivity index (χ4n) is 3.26. The van der Waals surface area contributed by atoms with E-state index in [2.05, 4.69) is 25.7 Å². The Balaban J connectivity index is 1.71. The Morgan fingerprint density at radius 3 is 2.89 bits per heavy atom. The summed E-state index contributed by atoms with van der Waals surface area (Å²) in [6.45, 7) is 9.03. The molecule has 2 rings (SSSR count). The Hall–Kier alpha value is -0.540. The van der Waals surface area contributed by atoms with Crippen LogP contribution in [0.5, 0.6) is 0 Å². The molecule has 1 saturated heterocycles. The summed E-state index contributed by atoms with van der Waals surface area (Å²) in [6, 6.07) is 0.521. The highest BCUT2D eigenvalue weighted by Gasteiger charge is 2.36. The molecule has 4 unspecified atom stereocenters. The van der Waals surface area contributed by atoms with E-state index in [9.17, 15) is 0 Å². The van der Waals surface area contributed by atoms with Crippen LogP contribution in [0.25, 0.3) is 0 Å². The third-order valence-corrected chi connectivity index (χ3v) is 4.09. The van der Waals surface area contributed by atoms with Crippen molar-refractivity contribution < 1.29 is 9.47 Å². The number of nitrogens with one attached hydrogen (secondary N) is 1. The molecule has 0 aromatic rings. The summed E-state index contributed by atoms with van der Waals surface area (Å²) in [5.41, 5.74) is 1.18. The summed E-state index contributed by atoms with van der Waals surface area (Å²) in [5.74, 6) is 0.768. The number of ether oxygens (including phenoxy) is 2. The van der Waals surface area contributed by atoms with Gasteiger partial charge in [0.15, 0.2) is 0 Å². The van der Waals surface area contributed by atoms with Crippen molar-refractivity contribution in [2.75, 3.05) is 6.79 Å². The van der Waals surface area contributed by atoms with Gasteiger partial charge in [-0.2, -0.15) is 0 Å². The van der Waals surface area contributed by atoms with Crippen LogP contribution in [-0.2, 0) is 9.47 Å². The third kappa shape index (κ3) is 3.72. The van der Waals surface area contributed by atoms with Gasteiger partial charge in [0.1, 0.15) is 6.79 Å². The predicted octanol–water partition coefficient (Wildman–Crippen LogP) is 3.21. The second-order valence-corrected chi connectivity index (χ2v) is 5.84. The molecule has 3 nitrogen and oxygen atoms in total. The molecule has 3 heteroatoms. The zero-order valence-corrected chi connectivity index (χ0v) is 11.8. The monoisotopic (exact) mass is 253 g/mol. The highest BCUT2D eigenvalue weighted by molar-refractivity contribution is 4.93. The summed E-state index contributed by atoms with van der Waals surface area (Å²) < 4.78 is 11.2. The van der Waals surface area contributed by atoms with Gasteiger partial charge in [0.25, 0.3) is 0 Å². The highest BCUT2D eigenvalue weighted by atomic mass is 16.7. The van der Waals surface area contributed by atoms with E-state index in [1.165, 1.54) is 18.5 Å². The van der Waals surface area contributed by atoms with Crippen LogP contribution >= 0.6 is 0 Å². The lowest BCUT2D eigenvalue weighted by atomic mass is 9.82. The van der Waals surface area contributed by atoms with Crippen LogP contribution < -0.4 is 5.32 Å². The smallest absolute Gasteiger partial charge is 0.147 e. The van der Waals surface area contributed by atoms with Crippen LogP contribution in [0, 0.1) is 5.92 Å². The standard InChI is InChI=1S/C15H27NO2/c1-4-5-11(2)16-12(3)8-13-6-7-14-15(9-13)18-10-17-14/h12-16H,2,4-10H2,1,3H3. The first-order chi connectivity index (χ1) is 8.69. The zero-order chi connectivity index (χ0) is 13.0. The Kier molecular flexibility index (Phi) is 5.07. The van der Waals surface area contributed by atoms with Gasteiger partial charge >= 0.3 is 0 Å². The van der Waals surface area contributed by atoms with E-state index in [0.29, 0.717) is 25.0 Å². The molecule has 1 heterocycles. The first kappa shape index (κ1) is 13.9. The Bertz CT molecular complexity index is 280. The normalized spacial score (nSPS) is 32.9. The lowest BCUT2D eigenvalue weighted by molar-refractivity contribution is 0.0386. The molecule has 1 aliphatic heterocycles. The molecule has 104 valence electrons. The summed E-state index contributed by atoms with van der Waals surface area (Å²) in [4.78, 5) is 0. The van der Waals surface area contributed by atoms with Crippen molar-refractivity contribution in [2.45, 2.75) is 70.6 Å². The van der Waals surface area contributed by atoms with Crippen molar-refractivity contribution in [2.24, 2.45) is 5.92 Å². The Labute approximate surface area is 111 Å². The molecule has 2 fully saturated rings. The molecular weight excluding hydrogens is 226 g/mol. The second kappa shape index (κ2) is 6.58. The molecule has 0 aromatic carbocycles. The lowest BCUT2D eigenvalue weighted by Crippen LogP contribution is -2.35. The maximum Gasteiger partial charge on any atom is 0.147 e. The molecule has 4 atom stereocenters. The second-order valence-electron chi connectivity index (χ2n) is 5.84. The van der Waals surface area contributed by atoms with Gasteiger partial charge in [-0.25, -0.2) is 0 Å². The van der Waals surface area contributed by atoms with E-state index in [4.69, 9.17) is 9.47 Å². The van der Waals surface area contributed by atoms with Crippen molar-refractivity contribution in [3.05, 3.63) is 12.3 Å². The summed E-state index contributed by atoms with van der Waals surface area (Å²) in [5, 5.41) is 3.52. The molecule has 18 heavy (non-hydrogen) atoms. The van der Waals surface area contributed by atoms with E-state index in [-0.39, 0.29) is 0 Å². The maximum atomic E-state index is 5.63. The maximum absolute atomic E-state index is 5.63. The van der Waals surface area contributed by atoms with E-state index in [1.54, 1.807) is 0 Å². The number of hydrogen-bond donors (Lipinski definition) is 1. The average Bonchev–Trinajstić information content (AvgIpc) is 2.76. The minimum Gasteiger partial charge on any atom is -0.386 e. The SMILES string of the molecule is C=C(CCC)NC(C)CC1CCC2OCOC2C1. The van der Waals surface area contributed by atoms with E-state index in [0.717, 1.165) is 31.6 Å². The molecule has 0 radical (unpaired) electrons. The first-order valence-corrected chi connectivity index (χ1v) is 7.36. The third-order valence-electron chi connectivity index (χ3n) is 4.09. The predicted molar refractivity (Wildman–Crippen MR) is 73.2 cm³/mol. The van der Waals surface area contributed by atoms with Crippen molar-refractivity contribution >= 4 is 0 Å². The minimum absolute atomic E-state index is 0.356. The zero-order valence-electron chi connectivity index (χ0n) is 11.8. The molecule has 2 aliphatic rings. The molecule has 0 bridgehead atoms. The summed E-state index contributed by atoms with van der Waals surface area (Å²) >= 11 is 0. The lowest BCUT2D eigenvalue weighted by Gasteiger charge is -2.31. The summed E-state index contributed by atoms with van der Waals surface area (Å²) in [6.07, 6.45) is 7.79. The minimum atomic E-state index is 0.356. The van der Waals surface area contributed by atoms with Gasteiger partial charge in [-0.15, -0.1) is 0 Å². The molecule has 0 amide bonds. The van der Waals surface area contributed by atoms with Gasteiger partial charge in [0, 0.05) is 11.7 Å². The van der Waals surface area contributed by atoms with Gasteiger partial charge in [-0.05, 0) is 44.9 Å². The largest absolute Gasteiger partial charge is 0.386 e. The molecule has 1 aliphatic carbocycles. The van der Waals surface area contributed by atoms with Crippen LogP contribution in [0.3, 0.4) is 0 Å². The molecule has 0 spiro atoms. The van der Waals surface area contributed by atoms with Crippen LogP contribution in [0.1, 0.15) is 52.4 Å². The highest BCUT2D eigenvalue weighted by Crippen LogP contribution is 2.34. The fourth-order valence-corrected chi connectivity index (χ4v) is 3.26. The topological polar surface area (TPSA) is 30.5 Å². The van der Waals surface area contributed by atoms with Gasteiger partial charge in [-0.3, -0.25) is 0 Å². The van der Waals surface area contributed by atoms with Gasteiger partial charge in [0.2, 0.25) is 0 Å².